The molecule has 0 aliphatic heterocycles. The second-order valence-electron chi connectivity index (χ2n) is 3.41. The van der Waals surface area contributed by atoms with Gasteiger partial charge in [-0.3, -0.25) is 4.79 Å². The van der Waals surface area contributed by atoms with Gasteiger partial charge in [0.05, 0.1) is 5.69 Å². The lowest BCUT2D eigenvalue weighted by Gasteiger charge is -2.07. The van der Waals surface area contributed by atoms with E-state index in [1.54, 1.807) is 0 Å². The summed E-state index contributed by atoms with van der Waals surface area (Å²) in [5.41, 5.74) is 5.48. The average molecular weight is 235 g/mol. The number of hydrogen-bond donors (Lipinski definition) is 2. The fraction of sp³-hybridized carbons (Fsp3) is 0.0909. The molecule has 0 radical (unpaired) electrons. The maximum Gasteiger partial charge on any atom is 0.275 e. The third kappa shape index (κ3) is 2.16. The summed E-state index contributed by atoms with van der Waals surface area (Å²) in [5, 5.41) is 13.3. The zero-order valence-corrected chi connectivity index (χ0v) is 8.80. The molecule has 1 heterocycles. The second-order valence-corrected chi connectivity index (χ2v) is 3.41. The van der Waals surface area contributed by atoms with Crippen molar-refractivity contribution in [1.82, 2.24) is 9.78 Å². The van der Waals surface area contributed by atoms with Crippen LogP contribution in [0.3, 0.4) is 0 Å². The molecular weight excluding hydrogens is 225 g/mol. The molecule has 1 aromatic carbocycles. The second kappa shape index (κ2) is 4.34. The van der Waals surface area contributed by atoms with Crippen LogP contribution in [-0.2, 0) is 6.54 Å². The maximum atomic E-state index is 12.7. The number of hydrogen-bond acceptors (Lipinski definition) is 4. The highest BCUT2D eigenvalue weighted by atomic mass is 19.1. The van der Waals surface area contributed by atoms with Crippen LogP contribution >= 0.6 is 0 Å². The van der Waals surface area contributed by atoms with E-state index < -0.39 is 11.4 Å². The van der Waals surface area contributed by atoms with E-state index in [-0.39, 0.29) is 18.0 Å². The van der Waals surface area contributed by atoms with Crippen molar-refractivity contribution in [3.05, 3.63) is 52.2 Å². The van der Waals surface area contributed by atoms with E-state index in [2.05, 4.69) is 5.10 Å². The van der Waals surface area contributed by atoms with Crippen LogP contribution in [0.5, 0.6) is 5.75 Å². The summed E-state index contributed by atoms with van der Waals surface area (Å²) < 4.78 is 13.8. The molecule has 0 fully saturated rings. The highest BCUT2D eigenvalue weighted by Gasteiger charge is 2.07. The lowest BCUT2D eigenvalue weighted by Crippen LogP contribution is -2.22. The van der Waals surface area contributed by atoms with Crippen molar-refractivity contribution in [1.29, 1.82) is 0 Å². The van der Waals surface area contributed by atoms with Crippen LogP contribution in [0, 0.1) is 5.82 Å². The van der Waals surface area contributed by atoms with E-state index in [1.807, 2.05) is 0 Å². The standard InChI is InChI=1S/C11H10FN3O2/c12-7-1-3-8(4-2-7)15-11(17)5-10(16)9(6-13)14-15/h1-5,16H,6,13H2. The third-order valence-electron chi connectivity index (χ3n) is 2.25. The van der Waals surface area contributed by atoms with Gasteiger partial charge in [-0.1, -0.05) is 0 Å². The Hall–Kier alpha value is -2.21. The van der Waals surface area contributed by atoms with Crippen LogP contribution in [0.15, 0.2) is 35.1 Å². The van der Waals surface area contributed by atoms with Gasteiger partial charge in [-0.15, -0.1) is 0 Å². The van der Waals surface area contributed by atoms with Crippen LogP contribution in [0.25, 0.3) is 5.69 Å². The Kier molecular flexibility index (Phi) is 2.88. The van der Waals surface area contributed by atoms with Gasteiger partial charge < -0.3 is 10.8 Å². The van der Waals surface area contributed by atoms with Gasteiger partial charge in [-0.2, -0.15) is 9.78 Å². The molecule has 17 heavy (non-hydrogen) atoms. The quantitative estimate of drug-likeness (QED) is 0.795. The summed E-state index contributed by atoms with van der Waals surface area (Å²) in [7, 11) is 0. The van der Waals surface area contributed by atoms with Crippen LogP contribution < -0.4 is 11.3 Å². The van der Waals surface area contributed by atoms with Gasteiger partial charge in [-0.25, -0.2) is 4.39 Å². The molecule has 0 saturated carbocycles. The molecule has 0 spiro atoms. The van der Waals surface area contributed by atoms with Gasteiger partial charge in [0.15, 0.2) is 0 Å². The predicted molar refractivity (Wildman–Crippen MR) is 59.3 cm³/mol. The predicted octanol–water partition coefficient (Wildman–Crippen LogP) is 0.536. The van der Waals surface area contributed by atoms with Gasteiger partial charge in [0, 0.05) is 12.6 Å². The number of nitrogens with zero attached hydrogens (tertiary/aromatic N) is 2. The normalized spacial score (nSPS) is 10.5. The monoisotopic (exact) mass is 235 g/mol. The van der Waals surface area contributed by atoms with E-state index in [0.29, 0.717) is 5.69 Å². The summed E-state index contributed by atoms with van der Waals surface area (Å²) in [6.45, 7) is 0.00725. The van der Waals surface area contributed by atoms with Gasteiger partial charge in [-0.05, 0) is 24.3 Å². The van der Waals surface area contributed by atoms with E-state index in [0.717, 1.165) is 10.7 Å². The maximum absolute atomic E-state index is 12.7. The zero-order valence-electron chi connectivity index (χ0n) is 8.80. The molecule has 5 nitrogen and oxygen atoms in total. The van der Waals surface area contributed by atoms with Crippen molar-refractivity contribution < 1.29 is 9.50 Å². The molecule has 1 aromatic heterocycles. The molecule has 0 amide bonds. The molecule has 2 rings (SSSR count). The Morgan fingerprint density at radius 2 is 2.00 bits per heavy atom. The van der Waals surface area contributed by atoms with Crippen molar-refractivity contribution >= 4 is 0 Å². The molecule has 3 N–H and O–H groups in total. The number of nitrogens with two attached hydrogens (primary N) is 1. The van der Waals surface area contributed by atoms with E-state index in [9.17, 15) is 14.3 Å². The molecule has 6 heteroatoms. The summed E-state index contributed by atoms with van der Waals surface area (Å²) in [6.07, 6.45) is 0. The topological polar surface area (TPSA) is 81.1 Å². The minimum absolute atomic E-state index is 0.00725. The van der Waals surface area contributed by atoms with Gasteiger partial charge in [0.1, 0.15) is 17.3 Å². The highest BCUT2D eigenvalue weighted by molar-refractivity contribution is 5.33. The molecule has 0 aliphatic carbocycles. The molecule has 0 atom stereocenters. The Bertz CT molecular complexity index is 593. The van der Waals surface area contributed by atoms with E-state index in [1.165, 1.54) is 24.3 Å². The van der Waals surface area contributed by atoms with Crippen LogP contribution in [-0.4, -0.2) is 14.9 Å². The molecule has 0 saturated heterocycles. The summed E-state index contributed by atoms with van der Waals surface area (Å²) in [6, 6.07) is 6.30. The van der Waals surface area contributed by atoms with E-state index >= 15 is 0 Å². The molecule has 0 bridgehead atoms. The lowest BCUT2D eigenvalue weighted by atomic mass is 10.3. The van der Waals surface area contributed by atoms with Crippen LogP contribution in [0.4, 0.5) is 4.39 Å². The van der Waals surface area contributed by atoms with Gasteiger partial charge in [0.2, 0.25) is 0 Å². The SMILES string of the molecule is NCc1nn(-c2ccc(F)cc2)c(=O)cc1O. The number of rotatable bonds is 2. The van der Waals surface area contributed by atoms with Crippen molar-refractivity contribution in [3.8, 4) is 11.4 Å². The molecule has 2 aromatic rings. The van der Waals surface area contributed by atoms with Crippen molar-refractivity contribution in [2.24, 2.45) is 5.73 Å². The number of halogens is 1. The summed E-state index contributed by atoms with van der Waals surface area (Å²) >= 11 is 0. The lowest BCUT2D eigenvalue weighted by molar-refractivity contribution is 0.457. The zero-order chi connectivity index (χ0) is 12.4. The first-order chi connectivity index (χ1) is 8.11. The highest BCUT2D eigenvalue weighted by Crippen LogP contribution is 2.11. The Morgan fingerprint density at radius 1 is 1.35 bits per heavy atom. The first-order valence-electron chi connectivity index (χ1n) is 4.90. The fourth-order valence-corrected chi connectivity index (χ4v) is 1.40. The average Bonchev–Trinajstić information content (AvgIpc) is 2.31. The van der Waals surface area contributed by atoms with Crippen molar-refractivity contribution in [2.45, 2.75) is 6.54 Å². The number of aromatic nitrogens is 2. The largest absolute Gasteiger partial charge is 0.506 e. The smallest absolute Gasteiger partial charge is 0.275 e. The minimum Gasteiger partial charge on any atom is -0.506 e. The van der Waals surface area contributed by atoms with Crippen molar-refractivity contribution in [2.75, 3.05) is 0 Å². The van der Waals surface area contributed by atoms with Crippen LogP contribution in [0.2, 0.25) is 0 Å². The van der Waals surface area contributed by atoms with Crippen LogP contribution in [0.1, 0.15) is 5.69 Å². The van der Waals surface area contributed by atoms with Gasteiger partial charge in [0.25, 0.3) is 5.56 Å². The fourth-order valence-electron chi connectivity index (χ4n) is 1.40. The molecule has 88 valence electrons. The first-order valence-corrected chi connectivity index (χ1v) is 4.90. The Labute approximate surface area is 95.9 Å². The molecule has 0 unspecified atom stereocenters. The van der Waals surface area contributed by atoms with E-state index in [4.69, 9.17) is 5.73 Å². The molecule has 0 aliphatic rings. The summed E-state index contributed by atoms with van der Waals surface area (Å²) in [5.74, 6) is -0.643. The Balaban J connectivity index is 2.59. The third-order valence-corrected chi connectivity index (χ3v) is 2.25. The minimum atomic E-state index is -0.508. The molecular formula is C11H10FN3O2. The van der Waals surface area contributed by atoms with Crippen molar-refractivity contribution in [3.63, 3.8) is 0 Å². The first kappa shape index (κ1) is 11.3. The number of aromatic hydroxyl groups is 1. The van der Waals surface area contributed by atoms with Gasteiger partial charge >= 0.3 is 0 Å². The Morgan fingerprint density at radius 3 is 2.59 bits per heavy atom. The number of benzene rings is 1. The summed E-state index contributed by atoms with van der Waals surface area (Å²) in [4.78, 5) is 11.6.